The summed E-state index contributed by atoms with van der Waals surface area (Å²) in [6.45, 7) is 0. The fraction of sp³-hybridized carbons (Fsp3) is 0.188. The normalized spacial score (nSPS) is 10.8. The van der Waals surface area contributed by atoms with E-state index in [0.717, 1.165) is 0 Å². The highest BCUT2D eigenvalue weighted by Crippen LogP contribution is 2.32. The summed E-state index contributed by atoms with van der Waals surface area (Å²) in [6, 6.07) is 13.5. The van der Waals surface area contributed by atoms with Crippen molar-refractivity contribution in [1.29, 1.82) is 5.26 Å². The number of rotatable bonds is 5. The fourth-order valence-electron chi connectivity index (χ4n) is 2.05. The molecule has 0 saturated carbocycles. The number of sulfone groups is 1. The van der Waals surface area contributed by atoms with Crippen molar-refractivity contribution in [2.24, 2.45) is 0 Å². The van der Waals surface area contributed by atoms with Crippen LogP contribution in [0.25, 0.3) is 0 Å². The molecule has 0 fully saturated rings. The first kappa shape index (κ1) is 15.9. The van der Waals surface area contributed by atoms with Gasteiger partial charge < -0.3 is 9.47 Å². The molecular weight excluding hydrogens is 302 g/mol. The molecule has 0 unspecified atom stereocenters. The molecule has 0 radical (unpaired) electrons. The van der Waals surface area contributed by atoms with E-state index in [1.54, 1.807) is 24.3 Å². The van der Waals surface area contributed by atoms with Gasteiger partial charge in [0.1, 0.15) is 23.1 Å². The zero-order valence-electron chi connectivity index (χ0n) is 12.2. The summed E-state index contributed by atoms with van der Waals surface area (Å²) in [5.74, 6) is 0.216. The molecular formula is C16H15NO4S. The molecule has 0 spiro atoms. The molecule has 0 N–H and O–H groups in total. The SMILES string of the molecule is COc1cc(S(=O)(=O)Cc2ccccc2)cc(OC)c1C#N. The Kier molecular flexibility index (Phi) is 4.68. The van der Waals surface area contributed by atoms with Crippen LogP contribution in [0.4, 0.5) is 0 Å². The molecule has 2 aromatic carbocycles. The Hall–Kier alpha value is -2.52. The van der Waals surface area contributed by atoms with Crippen LogP contribution in [0.5, 0.6) is 11.5 Å². The molecule has 22 heavy (non-hydrogen) atoms. The van der Waals surface area contributed by atoms with Crippen molar-refractivity contribution < 1.29 is 17.9 Å². The van der Waals surface area contributed by atoms with E-state index in [9.17, 15) is 8.42 Å². The molecule has 0 aliphatic heterocycles. The third-order valence-electron chi connectivity index (χ3n) is 3.15. The lowest BCUT2D eigenvalue weighted by atomic mass is 10.2. The fourth-order valence-corrected chi connectivity index (χ4v) is 3.43. The maximum Gasteiger partial charge on any atom is 0.182 e. The van der Waals surface area contributed by atoms with Crippen molar-refractivity contribution in [1.82, 2.24) is 0 Å². The van der Waals surface area contributed by atoms with Gasteiger partial charge in [-0.2, -0.15) is 5.26 Å². The van der Waals surface area contributed by atoms with Gasteiger partial charge in [0.15, 0.2) is 9.84 Å². The van der Waals surface area contributed by atoms with Gasteiger partial charge in [0.25, 0.3) is 0 Å². The van der Waals surface area contributed by atoms with Crippen LogP contribution in [0.1, 0.15) is 11.1 Å². The molecule has 0 aliphatic carbocycles. The first-order valence-electron chi connectivity index (χ1n) is 6.44. The van der Waals surface area contributed by atoms with Gasteiger partial charge in [0.05, 0.1) is 24.9 Å². The lowest BCUT2D eigenvalue weighted by molar-refractivity contribution is 0.389. The van der Waals surface area contributed by atoms with Crippen LogP contribution in [0.2, 0.25) is 0 Å². The number of hydrogen-bond donors (Lipinski definition) is 0. The molecule has 6 heteroatoms. The molecule has 114 valence electrons. The summed E-state index contributed by atoms with van der Waals surface area (Å²) in [5, 5.41) is 9.13. The van der Waals surface area contributed by atoms with Crippen molar-refractivity contribution in [3.63, 3.8) is 0 Å². The first-order chi connectivity index (χ1) is 10.5. The van der Waals surface area contributed by atoms with Crippen LogP contribution in [-0.4, -0.2) is 22.6 Å². The van der Waals surface area contributed by atoms with Crippen LogP contribution in [-0.2, 0) is 15.6 Å². The van der Waals surface area contributed by atoms with E-state index in [2.05, 4.69) is 0 Å². The Bertz CT molecular complexity index is 783. The number of methoxy groups -OCH3 is 2. The molecule has 0 atom stereocenters. The standard InChI is InChI=1S/C16H15NO4S/c1-20-15-8-13(9-16(21-2)14(15)10-17)22(18,19)11-12-6-4-3-5-7-12/h3-9H,11H2,1-2H3. The Labute approximate surface area is 129 Å². The van der Waals surface area contributed by atoms with Gasteiger partial charge in [-0.25, -0.2) is 8.42 Å². The summed E-state index contributed by atoms with van der Waals surface area (Å²) in [6.07, 6.45) is 0. The second kappa shape index (κ2) is 6.50. The smallest absolute Gasteiger partial charge is 0.182 e. The lowest BCUT2D eigenvalue weighted by Crippen LogP contribution is -2.06. The molecule has 5 nitrogen and oxygen atoms in total. The summed E-state index contributed by atoms with van der Waals surface area (Å²) in [7, 11) is -0.817. The van der Waals surface area contributed by atoms with Gasteiger partial charge in [-0.05, 0) is 5.56 Å². The van der Waals surface area contributed by atoms with Gasteiger partial charge in [-0.1, -0.05) is 30.3 Å². The summed E-state index contributed by atoms with van der Waals surface area (Å²) in [5.41, 5.74) is 0.855. The Morgan fingerprint density at radius 1 is 1.05 bits per heavy atom. The molecule has 0 aromatic heterocycles. The third kappa shape index (κ3) is 3.21. The minimum Gasteiger partial charge on any atom is -0.495 e. The molecule has 2 aromatic rings. The van der Waals surface area contributed by atoms with Crippen LogP contribution in [0, 0.1) is 11.3 Å². The molecule has 0 amide bonds. The van der Waals surface area contributed by atoms with E-state index in [1.165, 1.54) is 26.4 Å². The van der Waals surface area contributed by atoms with E-state index in [0.29, 0.717) is 5.56 Å². The number of nitrogens with zero attached hydrogens (tertiary/aromatic N) is 1. The highest BCUT2D eigenvalue weighted by atomic mass is 32.2. The predicted molar refractivity (Wildman–Crippen MR) is 81.6 cm³/mol. The summed E-state index contributed by atoms with van der Waals surface area (Å²) in [4.78, 5) is 0.0593. The van der Waals surface area contributed by atoms with Crippen molar-refractivity contribution >= 4 is 9.84 Å². The second-order valence-corrected chi connectivity index (χ2v) is 6.55. The second-order valence-electron chi connectivity index (χ2n) is 4.56. The van der Waals surface area contributed by atoms with E-state index in [-0.39, 0.29) is 27.7 Å². The zero-order valence-corrected chi connectivity index (χ0v) is 13.1. The Morgan fingerprint density at radius 2 is 1.59 bits per heavy atom. The molecule has 0 bridgehead atoms. The topological polar surface area (TPSA) is 76.4 Å². The molecule has 0 heterocycles. The Balaban J connectivity index is 2.50. The van der Waals surface area contributed by atoms with Gasteiger partial charge in [0.2, 0.25) is 0 Å². The number of ether oxygens (including phenoxy) is 2. The van der Waals surface area contributed by atoms with E-state index in [4.69, 9.17) is 14.7 Å². The maximum absolute atomic E-state index is 12.5. The monoisotopic (exact) mass is 317 g/mol. The molecule has 0 aliphatic rings. The summed E-state index contributed by atoms with van der Waals surface area (Å²) >= 11 is 0. The minimum absolute atomic E-state index is 0.0593. The predicted octanol–water partition coefficient (Wildman–Crippen LogP) is 2.55. The van der Waals surface area contributed by atoms with Gasteiger partial charge in [0, 0.05) is 12.1 Å². The first-order valence-corrected chi connectivity index (χ1v) is 8.10. The maximum atomic E-state index is 12.5. The number of nitriles is 1. The highest BCUT2D eigenvalue weighted by molar-refractivity contribution is 7.90. The van der Waals surface area contributed by atoms with Gasteiger partial charge in [-0.3, -0.25) is 0 Å². The van der Waals surface area contributed by atoms with Crippen LogP contribution in [0.3, 0.4) is 0 Å². The average Bonchev–Trinajstić information content (AvgIpc) is 2.53. The summed E-state index contributed by atoms with van der Waals surface area (Å²) < 4.78 is 35.3. The third-order valence-corrected chi connectivity index (χ3v) is 4.82. The van der Waals surface area contributed by atoms with E-state index >= 15 is 0 Å². The van der Waals surface area contributed by atoms with Crippen molar-refractivity contribution in [2.75, 3.05) is 14.2 Å². The largest absolute Gasteiger partial charge is 0.495 e. The van der Waals surface area contributed by atoms with Gasteiger partial charge >= 0.3 is 0 Å². The zero-order chi connectivity index (χ0) is 16.2. The van der Waals surface area contributed by atoms with Crippen molar-refractivity contribution in [3.05, 3.63) is 53.6 Å². The van der Waals surface area contributed by atoms with Gasteiger partial charge in [-0.15, -0.1) is 0 Å². The molecule has 2 rings (SSSR count). The number of benzene rings is 2. The van der Waals surface area contributed by atoms with Crippen molar-refractivity contribution in [2.45, 2.75) is 10.6 Å². The minimum atomic E-state index is -3.57. The lowest BCUT2D eigenvalue weighted by Gasteiger charge is -2.11. The van der Waals surface area contributed by atoms with E-state index in [1.807, 2.05) is 12.1 Å². The van der Waals surface area contributed by atoms with Crippen LogP contribution >= 0.6 is 0 Å². The van der Waals surface area contributed by atoms with Crippen LogP contribution in [0.15, 0.2) is 47.4 Å². The molecule has 0 saturated heterocycles. The highest BCUT2D eigenvalue weighted by Gasteiger charge is 2.21. The average molecular weight is 317 g/mol. The Morgan fingerprint density at radius 3 is 2.05 bits per heavy atom. The van der Waals surface area contributed by atoms with E-state index < -0.39 is 9.84 Å². The van der Waals surface area contributed by atoms with Crippen molar-refractivity contribution in [3.8, 4) is 17.6 Å². The number of hydrogen-bond acceptors (Lipinski definition) is 5. The quantitative estimate of drug-likeness (QED) is 0.847. The van der Waals surface area contributed by atoms with Crippen LogP contribution < -0.4 is 9.47 Å².